The van der Waals surface area contributed by atoms with E-state index in [1.807, 2.05) is 0 Å². The van der Waals surface area contributed by atoms with Crippen LogP contribution in [0, 0.1) is 17.8 Å². The number of hydrogen-bond acceptors (Lipinski definition) is 2. The Morgan fingerprint density at radius 3 is 2.21 bits per heavy atom. The van der Waals surface area contributed by atoms with Gasteiger partial charge in [-0.2, -0.15) is 0 Å². The molecule has 0 aromatic carbocycles. The van der Waals surface area contributed by atoms with Gasteiger partial charge in [-0.1, -0.05) is 20.8 Å². The van der Waals surface area contributed by atoms with Gasteiger partial charge in [-0.3, -0.25) is 0 Å². The summed E-state index contributed by atoms with van der Waals surface area (Å²) in [5.74, 6) is 2.83. The minimum atomic E-state index is 0.804. The maximum atomic E-state index is 3.80. The van der Waals surface area contributed by atoms with Gasteiger partial charge in [0, 0.05) is 19.1 Å². The fraction of sp³-hybridized carbons (Fsp3) is 1.00. The van der Waals surface area contributed by atoms with Gasteiger partial charge < -0.3 is 10.2 Å². The van der Waals surface area contributed by atoms with E-state index < -0.39 is 0 Å². The smallest absolute Gasteiger partial charge is 0.0107 e. The van der Waals surface area contributed by atoms with Crippen molar-refractivity contribution in [3.8, 4) is 0 Å². The summed E-state index contributed by atoms with van der Waals surface area (Å²) in [7, 11) is 0. The molecule has 0 spiro atoms. The van der Waals surface area contributed by atoms with Gasteiger partial charge in [-0.25, -0.2) is 0 Å². The van der Waals surface area contributed by atoms with Gasteiger partial charge in [0.15, 0.2) is 0 Å². The first kappa shape index (κ1) is 15.3. The molecule has 1 saturated carbocycles. The summed E-state index contributed by atoms with van der Waals surface area (Å²) < 4.78 is 0. The van der Waals surface area contributed by atoms with Crippen LogP contribution in [0.25, 0.3) is 0 Å². The fourth-order valence-electron chi connectivity index (χ4n) is 3.70. The quantitative estimate of drug-likeness (QED) is 0.819. The fourth-order valence-corrected chi connectivity index (χ4v) is 3.70. The van der Waals surface area contributed by atoms with Crippen LogP contribution >= 0.6 is 0 Å². The van der Waals surface area contributed by atoms with Crippen molar-refractivity contribution in [2.24, 2.45) is 17.8 Å². The van der Waals surface area contributed by atoms with Crippen LogP contribution in [-0.4, -0.2) is 37.1 Å². The highest BCUT2D eigenvalue weighted by Crippen LogP contribution is 2.29. The van der Waals surface area contributed by atoms with E-state index in [1.165, 1.54) is 64.7 Å². The van der Waals surface area contributed by atoms with Crippen LogP contribution < -0.4 is 5.32 Å². The molecule has 2 nitrogen and oxygen atoms in total. The number of piperidine rings is 1. The molecule has 19 heavy (non-hydrogen) atoms. The molecule has 2 aliphatic rings. The van der Waals surface area contributed by atoms with Crippen molar-refractivity contribution in [2.45, 2.75) is 65.3 Å². The van der Waals surface area contributed by atoms with E-state index in [9.17, 15) is 0 Å². The molecule has 0 aromatic heterocycles. The molecule has 2 heteroatoms. The lowest BCUT2D eigenvalue weighted by Crippen LogP contribution is -2.41. The lowest BCUT2D eigenvalue weighted by Gasteiger charge is -2.33. The minimum Gasteiger partial charge on any atom is -0.313 e. The molecule has 0 radical (unpaired) electrons. The normalized spacial score (nSPS) is 30.9. The summed E-state index contributed by atoms with van der Waals surface area (Å²) in [5.41, 5.74) is 0. The highest BCUT2D eigenvalue weighted by molar-refractivity contribution is 4.79. The lowest BCUT2D eigenvalue weighted by atomic mass is 9.80. The van der Waals surface area contributed by atoms with Crippen molar-refractivity contribution in [3.63, 3.8) is 0 Å². The largest absolute Gasteiger partial charge is 0.313 e. The van der Waals surface area contributed by atoms with E-state index in [4.69, 9.17) is 0 Å². The zero-order valence-electron chi connectivity index (χ0n) is 13.3. The number of nitrogens with zero attached hydrogens (tertiary/aromatic N) is 1. The molecule has 2 fully saturated rings. The van der Waals surface area contributed by atoms with Crippen molar-refractivity contribution in [1.29, 1.82) is 0 Å². The predicted molar refractivity (Wildman–Crippen MR) is 83.4 cm³/mol. The minimum absolute atomic E-state index is 0.804. The van der Waals surface area contributed by atoms with E-state index in [0.717, 1.165) is 23.8 Å². The Hall–Kier alpha value is -0.0800. The monoisotopic (exact) mass is 266 g/mol. The van der Waals surface area contributed by atoms with Crippen LogP contribution in [0.5, 0.6) is 0 Å². The van der Waals surface area contributed by atoms with Crippen LogP contribution in [0.1, 0.15) is 59.3 Å². The zero-order chi connectivity index (χ0) is 13.7. The first-order valence-electron chi connectivity index (χ1n) is 8.61. The van der Waals surface area contributed by atoms with Gasteiger partial charge in [0.25, 0.3) is 0 Å². The second-order valence-electron chi connectivity index (χ2n) is 7.33. The van der Waals surface area contributed by atoms with Crippen LogP contribution in [0.3, 0.4) is 0 Å². The van der Waals surface area contributed by atoms with Gasteiger partial charge in [0.2, 0.25) is 0 Å². The van der Waals surface area contributed by atoms with Crippen molar-refractivity contribution in [3.05, 3.63) is 0 Å². The molecule has 0 bridgehead atoms. The van der Waals surface area contributed by atoms with Crippen molar-refractivity contribution < 1.29 is 0 Å². The molecule has 1 aliphatic heterocycles. The van der Waals surface area contributed by atoms with Crippen LogP contribution in [-0.2, 0) is 0 Å². The third-order valence-corrected chi connectivity index (χ3v) is 5.45. The van der Waals surface area contributed by atoms with Gasteiger partial charge in [-0.05, 0) is 69.4 Å². The summed E-state index contributed by atoms with van der Waals surface area (Å²) in [6.45, 7) is 12.3. The average molecular weight is 266 g/mol. The third kappa shape index (κ3) is 5.07. The number of nitrogens with one attached hydrogen (secondary N) is 1. The second-order valence-corrected chi connectivity index (χ2v) is 7.33. The van der Waals surface area contributed by atoms with E-state index in [0.29, 0.717) is 0 Å². The maximum absolute atomic E-state index is 3.80. The summed E-state index contributed by atoms with van der Waals surface area (Å²) in [4.78, 5) is 2.65. The topological polar surface area (TPSA) is 15.3 Å². The summed E-state index contributed by atoms with van der Waals surface area (Å²) in [6.07, 6.45) is 8.49. The first-order chi connectivity index (χ1) is 9.15. The van der Waals surface area contributed by atoms with Crippen molar-refractivity contribution in [2.75, 3.05) is 26.2 Å². The lowest BCUT2D eigenvalue weighted by molar-refractivity contribution is 0.184. The van der Waals surface area contributed by atoms with E-state index in [2.05, 4.69) is 31.0 Å². The van der Waals surface area contributed by atoms with Crippen LogP contribution in [0.2, 0.25) is 0 Å². The molecule has 1 N–H and O–H groups in total. The van der Waals surface area contributed by atoms with Crippen molar-refractivity contribution >= 4 is 0 Å². The Morgan fingerprint density at radius 1 is 1.00 bits per heavy atom. The highest BCUT2D eigenvalue weighted by Gasteiger charge is 2.23. The standard InChI is InChI=1S/C17H34N2/c1-14(2)16-4-6-17(7-5-16)18-10-13-19-11-8-15(3)9-12-19/h14-18H,4-13H2,1-3H3. The highest BCUT2D eigenvalue weighted by atomic mass is 15.1. The summed E-state index contributed by atoms with van der Waals surface area (Å²) in [5, 5.41) is 3.80. The molecular weight excluding hydrogens is 232 g/mol. The molecule has 0 atom stereocenters. The maximum Gasteiger partial charge on any atom is 0.0107 e. The number of likely N-dealkylation sites (tertiary alicyclic amines) is 1. The van der Waals surface area contributed by atoms with Gasteiger partial charge in [0.1, 0.15) is 0 Å². The summed E-state index contributed by atoms with van der Waals surface area (Å²) >= 11 is 0. The SMILES string of the molecule is CC1CCN(CCNC2CCC(C(C)C)CC2)CC1. The van der Waals surface area contributed by atoms with E-state index in [1.54, 1.807) is 0 Å². The van der Waals surface area contributed by atoms with E-state index in [-0.39, 0.29) is 0 Å². The number of rotatable bonds is 5. The van der Waals surface area contributed by atoms with E-state index >= 15 is 0 Å². The molecule has 2 rings (SSSR count). The zero-order valence-corrected chi connectivity index (χ0v) is 13.3. The van der Waals surface area contributed by atoms with Gasteiger partial charge in [-0.15, -0.1) is 0 Å². The van der Waals surface area contributed by atoms with Crippen LogP contribution in [0.15, 0.2) is 0 Å². The second kappa shape index (κ2) is 7.64. The molecule has 1 aliphatic carbocycles. The molecule has 0 amide bonds. The predicted octanol–water partition coefficient (Wildman–Crippen LogP) is 3.52. The number of hydrogen-bond donors (Lipinski definition) is 1. The Bertz CT molecular complexity index is 236. The third-order valence-electron chi connectivity index (χ3n) is 5.45. The first-order valence-corrected chi connectivity index (χ1v) is 8.61. The molecular formula is C17H34N2. The molecule has 112 valence electrons. The molecule has 0 aromatic rings. The van der Waals surface area contributed by atoms with Gasteiger partial charge >= 0.3 is 0 Å². The molecule has 0 unspecified atom stereocenters. The Labute approximate surface area is 120 Å². The Morgan fingerprint density at radius 2 is 1.63 bits per heavy atom. The Balaban J connectivity index is 1.54. The van der Waals surface area contributed by atoms with Crippen LogP contribution in [0.4, 0.5) is 0 Å². The average Bonchev–Trinajstić information content (AvgIpc) is 2.41. The molecule has 1 heterocycles. The van der Waals surface area contributed by atoms with Crippen molar-refractivity contribution in [1.82, 2.24) is 10.2 Å². The molecule has 1 saturated heterocycles. The van der Waals surface area contributed by atoms with Gasteiger partial charge in [0.05, 0.1) is 0 Å². The summed E-state index contributed by atoms with van der Waals surface area (Å²) in [6, 6.07) is 0.804. The Kier molecular flexibility index (Phi) is 6.15.